The van der Waals surface area contributed by atoms with Gasteiger partial charge in [0.15, 0.2) is 0 Å². The van der Waals surface area contributed by atoms with Gasteiger partial charge in [-0.05, 0) is 68.9 Å². The Bertz CT molecular complexity index is 3220. The Hall–Kier alpha value is -4.51. The largest absolute Gasteiger partial charge is 0.361 e. The van der Waals surface area contributed by atoms with Crippen LogP contribution in [0.15, 0.2) is 86.0 Å². The van der Waals surface area contributed by atoms with Crippen LogP contribution < -0.4 is 0 Å². The van der Waals surface area contributed by atoms with Gasteiger partial charge in [-0.1, -0.05) is 54.1 Å². The molecule has 6 aromatic heterocycles. The van der Waals surface area contributed by atoms with Gasteiger partial charge in [0.2, 0.25) is 10.0 Å². The number of hydrogen-bond acceptors (Lipinski definition) is 9. The smallest absolute Gasteiger partial charge is 0.213 e. The predicted molar refractivity (Wildman–Crippen MR) is 281 cm³/mol. The average Bonchev–Trinajstić information content (AvgIpc) is 4.09. The maximum absolute atomic E-state index is 14.5. The van der Waals surface area contributed by atoms with Gasteiger partial charge in [0.05, 0.1) is 40.7 Å². The van der Waals surface area contributed by atoms with Crippen LogP contribution in [0, 0.1) is 54.1 Å². The van der Waals surface area contributed by atoms with Crippen LogP contribution in [0.3, 0.4) is 0 Å². The molecule has 0 aliphatic carbocycles. The van der Waals surface area contributed by atoms with E-state index in [9.17, 15) is 22.5 Å². The number of nitriles is 1. The number of nitrogens with zero attached hydrogens (tertiary/aromatic N) is 9. The van der Waals surface area contributed by atoms with E-state index in [2.05, 4.69) is 78.6 Å². The molecule has 0 amide bonds. The third kappa shape index (κ3) is 12.4. The summed E-state index contributed by atoms with van der Waals surface area (Å²) in [6.45, 7) is 18.2. The minimum absolute atomic E-state index is 0. The molecule has 2 radical (unpaired) electrons. The van der Waals surface area contributed by atoms with E-state index in [-0.39, 0.29) is 77.0 Å². The van der Waals surface area contributed by atoms with Gasteiger partial charge in [-0.3, -0.25) is 0 Å². The Morgan fingerprint density at radius 1 is 0.786 bits per heavy atom. The SMILES string of the molecule is C.C.CCS(=O)(=O)N1CC(CC#N)(n2cc(-c3ncnc4c3ccn4COCC[Si](C)(C)C)c3ccc(F)cc32)C1.C[Si](C)(C)CCOCn1ccc2c(-c3c[nH]c4cc(F)ccc34)ncnc21.[2H][B].[U]. The number of aromatic nitrogens is 8. The van der Waals surface area contributed by atoms with Crippen LogP contribution in [0.2, 0.25) is 51.4 Å². The zero-order chi connectivity index (χ0) is 49.0. The molecule has 9 rings (SSSR count). The molecule has 0 bridgehead atoms. The summed E-state index contributed by atoms with van der Waals surface area (Å²) >= 11 is 0. The summed E-state index contributed by atoms with van der Waals surface area (Å²) in [6, 6.07) is 17.7. The quantitative estimate of drug-likeness (QED) is 0.0733. The molecule has 0 atom stereocenters. The van der Waals surface area contributed by atoms with E-state index in [1.165, 1.54) is 34.9 Å². The Morgan fingerprint density at radius 2 is 1.30 bits per heavy atom. The van der Waals surface area contributed by atoms with Crippen molar-refractivity contribution in [2.75, 3.05) is 32.1 Å². The van der Waals surface area contributed by atoms with Crippen LogP contribution in [-0.4, -0.2) is 109 Å². The Balaban J connectivity index is 0.000000302. The fourth-order valence-electron chi connectivity index (χ4n) is 8.29. The molecule has 8 aromatic rings. The molecule has 1 aliphatic rings. The van der Waals surface area contributed by atoms with Crippen molar-refractivity contribution in [3.63, 3.8) is 0 Å². The molecule has 1 aliphatic heterocycles. The maximum Gasteiger partial charge on any atom is 0.213 e. The molecule has 1 N–H and O–H groups in total. The summed E-state index contributed by atoms with van der Waals surface area (Å²) in [6.07, 6.45) is 10.8. The summed E-state index contributed by atoms with van der Waals surface area (Å²) in [5, 5.41) is 13.2. The first-order chi connectivity index (χ1) is 32.4. The third-order valence-corrected chi connectivity index (χ3v) is 17.3. The second kappa shape index (κ2) is 23.4. The Labute approximate surface area is 439 Å². The van der Waals surface area contributed by atoms with Crippen LogP contribution in [0.5, 0.6) is 0 Å². The van der Waals surface area contributed by atoms with Gasteiger partial charge < -0.3 is 28.2 Å². The van der Waals surface area contributed by atoms with E-state index in [1.54, 1.807) is 25.4 Å². The summed E-state index contributed by atoms with van der Waals surface area (Å²) in [5.41, 5.74) is 5.33. The molecule has 70 heavy (non-hydrogen) atoms. The number of halogens is 2. The van der Waals surface area contributed by atoms with Crippen LogP contribution in [0.1, 0.15) is 28.2 Å². The number of hydrogen-bond donors (Lipinski definition) is 1. The monoisotopic (exact) mass is 1230 g/mol. The number of nitrogens with one attached hydrogen (secondary N) is 1. The van der Waals surface area contributed by atoms with Gasteiger partial charge in [0.25, 0.3) is 0 Å². The van der Waals surface area contributed by atoms with Gasteiger partial charge in [0, 0.05) is 145 Å². The van der Waals surface area contributed by atoms with E-state index in [0.29, 0.717) is 31.3 Å². The molecular weight excluding hydrogens is 1170 g/mol. The molecule has 2 aromatic carbocycles. The number of aromatic amines is 1. The van der Waals surface area contributed by atoms with Crippen molar-refractivity contribution in [2.24, 2.45) is 0 Å². The molecule has 21 heteroatoms. The molecule has 0 saturated carbocycles. The first-order valence-electron chi connectivity index (χ1n) is 22.7. The Kier molecular flexibility index (Phi) is 18.8. The van der Waals surface area contributed by atoms with E-state index in [0.717, 1.165) is 73.9 Å². The minimum Gasteiger partial charge on any atom is -0.361 e. The van der Waals surface area contributed by atoms with E-state index >= 15 is 0 Å². The van der Waals surface area contributed by atoms with Crippen LogP contribution in [0.4, 0.5) is 8.78 Å². The molecule has 1 fully saturated rings. The van der Waals surface area contributed by atoms with E-state index in [4.69, 9.17) is 10.8 Å². The first kappa shape index (κ1) is 56.4. The number of ether oxygens (including phenoxy) is 2. The number of sulfonamides is 1. The van der Waals surface area contributed by atoms with Crippen molar-refractivity contribution >= 4 is 78.4 Å². The zero-order valence-corrected chi connectivity index (χ0v) is 46.5. The van der Waals surface area contributed by atoms with Crippen molar-refractivity contribution in [2.45, 2.75) is 98.6 Å². The summed E-state index contributed by atoms with van der Waals surface area (Å²) in [7, 11) is -1.95. The standard InChI is InChI=1S/C27H33FN6O3SSi.C20H23FN4OSi.2CH4.BH.U/c1-5-38(35,36)33-16-27(17-33,9-10-29)34-15-23(21-7-6-20(28)14-24(21)34)25-22-8-11-32(26(22)31-18-30-25)19-37-12-13-39(2,3)4;1-27(2,3)9-8-26-13-25-7-6-16-19(23-12-24-20(16)25)17-11-22-18-10-14(21)4-5-15(17)18;;;;/h6-8,11,14-15,18H,5,9,12-13,16-17,19H2,1-4H3;4-7,10-12,22H,8-9,13H2,1-3H3;2*1H4;1H;/i;;;;1D;. The Morgan fingerprint density at radius 3 is 1.81 bits per heavy atom. The molecule has 7 heterocycles. The normalized spacial score (nSPS) is 13.7. The van der Waals surface area contributed by atoms with Crippen molar-refractivity contribution in [1.29, 1.82) is 6.60 Å². The predicted octanol–water partition coefficient (Wildman–Crippen LogP) is 10.4. The van der Waals surface area contributed by atoms with Crippen molar-refractivity contribution < 1.29 is 57.8 Å². The third-order valence-electron chi connectivity index (χ3n) is 12.1. The number of benzene rings is 2. The molecule has 1 saturated heterocycles. The fourth-order valence-corrected chi connectivity index (χ4v) is 11.0. The topological polar surface area (TPSA) is 162 Å². The zero-order valence-electron chi connectivity index (χ0n) is 40.6. The van der Waals surface area contributed by atoms with Crippen molar-refractivity contribution in [1.82, 2.24) is 42.9 Å². The van der Waals surface area contributed by atoms with Gasteiger partial charge in [0.1, 0.15) is 49.0 Å². The van der Waals surface area contributed by atoms with Crippen LogP contribution >= 0.6 is 0 Å². The van der Waals surface area contributed by atoms with Crippen LogP contribution in [0.25, 0.3) is 66.4 Å². The van der Waals surface area contributed by atoms with E-state index in [1.807, 2.05) is 50.6 Å². The minimum atomic E-state index is -3.41. The van der Waals surface area contributed by atoms with Gasteiger partial charge in [-0.2, -0.15) is 9.57 Å². The molecule has 14 nitrogen and oxygen atoms in total. The van der Waals surface area contributed by atoms with E-state index < -0.39 is 37.5 Å². The van der Waals surface area contributed by atoms with Crippen molar-refractivity contribution in [3.05, 3.63) is 97.6 Å². The van der Waals surface area contributed by atoms with Crippen LogP contribution in [-0.2, 0) is 38.5 Å². The molecule has 370 valence electrons. The second-order valence-electron chi connectivity index (χ2n) is 19.4. The van der Waals surface area contributed by atoms with Gasteiger partial charge in [-0.25, -0.2) is 37.1 Å². The van der Waals surface area contributed by atoms with Gasteiger partial charge in [-0.15, -0.1) is 0 Å². The fraction of sp³-hybridized carbons (Fsp3) is 0.408. The first-order valence-corrected chi connectivity index (χ1v) is 31.1. The number of rotatable bonds is 16. The molecule has 0 spiro atoms. The summed E-state index contributed by atoms with van der Waals surface area (Å²) < 4.78 is 77.2. The second-order valence-corrected chi connectivity index (χ2v) is 32.9. The molecular formula is C49H65BF2N10O4SSi2U. The average molecular weight is 1230 g/mol. The summed E-state index contributed by atoms with van der Waals surface area (Å²) in [5.74, 6) is -0.683. The number of fused-ring (bicyclic) bond motifs is 4. The van der Waals surface area contributed by atoms with Gasteiger partial charge >= 0.3 is 0 Å². The maximum atomic E-state index is 14.5. The van der Waals surface area contributed by atoms with Crippen molar-refractivity contribution in [3.8, 4) is 28.6 Å². The molecule has 0 unspecified atom stereocenters. The number of H-pyrrole nitrogens is 1. The summed E-state index contributed by atoms with van der Waals surface area (Å²) in [4.78, 5) is 21.2.